The lowest BCUT2D eigenvalue weighted by Crippen LogP contribution is -2.15. The van der Waals surface area contributed by atoms with E-state index in [0.29, 0.717) is 34.5 Å². The Morgan fingerprint density at radius 3 is 2.00 bits per heavy atom. The number of fused-ring (bicyclic) bond motifs is 5. The molecule has 174 valence electrons. The van der Waals surface area contributed by atoms with Gasteiger partial charge in [0, 0.05) is 0 Å². The predicted octanol–water partition coefficient (Wildman–Crippen LogP) is 7.14. The highest BCUT2D eigenvalue weighted by molar-refractivity contribution is 5.95. The van der Waals surface area contributed by atoms with Gasteiger partial charge in [-0.05, 0) is 97.4 Å². The minimum atomic E-state index is -0.443. The van der Waals surface area contributed by atoms with Crippen molar-refractivity contribution >= 4 is 11.9 Å². The van der Waals surface area contributed by atoms with E-state index in [-0.39, 0.29) is 0 Å². The summed E-state index contributed by atoms with van der Waals surface area (Å²) >= 11 is 0. The fourth-order valence-corrected chi connectivity index (χ4v) is 5.42. The molecule has 0 aromatic heterocycles. The normalized spacial score (nSPS) is 17.9. The van der Waals surface area contributed by atoms with Gasteiger partial charge in [0.15, 0.2) is 11.5 Å². The van der Waals surface area contributed by atoms with Crippen molar-refractivity contribution < 1.29 is 19.1 Å². The largest absolute Gasteiger partial charge is 0.419 e. The van der Waals surface area contributed by atoms with Crippen LogP contribution in [-0.4, -0.2) is 11.9 Å². The first kappa shape index (κ1) is 22.4. The molecule has 3 aromatic carbocycles. The van der Waals surface area contributed by atoms with Crippen LogP contribution in [0.3, 0.4) is 0 Å². The Labute approximate surface area is 200 Å². The van der Waals surface area contributed by atoms with E-state index in [0.717, 1.165) is 49.7 Å². The maximum Gasteiger partial charge on any atom is 0.343 e. The van der Waals surface area contributed by atoms with Crippen LogP contribution in [0, 0.1) is 6.92 Å². The second-order valence-corrected chi connectivity index (χ2v) is 9.49. The van der Waals surface area contributed by atoms with Crippen LogP contribution >= 0.6 is 0 Å². The molecule has 3 aromatic rings. The van der Waals surface area contributed by atoms with Gasteiger partial charge < -0.3 is 9.47 Å². The highest BCUT2D eigenvalue weighted by Gasteiger charge is 2.38. The van der Waals surface area contributed by atoms with Crippen LogP contribution in [-0.2, 0) is 6.42 Å². The number of hydrogen-bond donors (Lipinski definition) is 0. The van der Waals surface area contributed by atoms with E-state index in [1.165, 1.54) is 11.1 Å². The molecule has 0 saturated heterocycles. The van der Waals surface area contributed by atoms with Gasteiger partial charge in [0.25, 0.3) is 0 Å². The summed E-state index contributed by atoms with van der Waals surface area (Å²) in [4.78, 5) is 26.3. The summed E-state index contributed by atoms with van der Waals surface area (Å²) in [6.45, 7) is 4.01. The fourth-order valence-electron chi connectivity index (χ4n) is 5.42. The first-order chi connectivity index (χ1) is 16.5. The SMILES string of the molecule is CCCCc1ccccc1C(=O)Oc1cc2c(cc1OC(=O)c1ccccc1C)C1CCC2C1. The topological polar surface area (TPSA) is 52.6 Å². The van der Waals surface area contributed by atoms with E-state index in [1.807, 2.05) is 61.5 Å². The van der Waals surface area contributed by atoms with Gasteiger partial charge in [-0.1, -0.05) is 49.7 Å². The average Bonchev–Trinajstić information content (AvgIpc) is 3.46. The minimum absolute atomic E-state index is 0.318. The Hall–Kier alpha value is -3.40. The number of benzene rings is 3. The number of ether oxygens (including phenoxy) is 2. The molecule has 0 aliphatic heterocycles. The molecule has 0 spiro atoms. The monoisotopic (exact) mass is 454 g/mol. The molecule has 5 rings (SSSR count). The Morgan fingerprint density at radius 2 is 1.38 bits per heavy atom. The van der Waals surface area contributed by atoms with Crippen molar-refractivity contribution in [3.8, 4) is 11.5 Å². The number of esters is 2. The average molecular weight is 455 g/mol. The Bertz CT molecular complexity index is 1240. The van der Waals surface area contributed by atoms with Crippen molar-refractivity contribution in [3.63, 3.8) is 0 Å². The van der Waals surface area contributed by atoms with Gasteiger partial charge >= 0.3 is 11.9 Å². The van der Waals surface area contributed by atoms with Gasteiger partial charge in [0.1, 0.15) is 0 Å². The van der Waals surface area contributed by atoms with Crippen LogP contribution in [0.5, 0.6) is 11.5 Å². The van der Waals surface area contributed by atoms with Crippen LogP contribution in [0.25, 0.3) is 0 Å². The quantitative estimate of drug-likeness (QED) is 0.281. The van der Waals surface area contributed by atoms with E-state index in [2.05, 4.69) is 6.92 Å². The smallest absolute Gasteiger partial charge is 0.343 e. The molecule has 0 heterocycles. The molecule has 2 unspecified atom stereocenters. The molecule has 0 amide bonds. The van der Waals surface area contributed by atoms with Gasteiger partial charge in [-0.2, -0.15) is 0 Å². The third-order valence-corrected chi connectivity index (χ3v) is 7.27. The van der Waals surface area contributed by atoms with E-state index < -0.39 is 11.9 Å². The molecule has 2 bridgehead atoms. The van der Waals surface area contributed by atoms with Gasteiger partial charge in [0.05, 0.1) is 11.1 Å². The van der Waals surface area contributed by atoms with Gasteiger partial charge in [-0.25, -0.2) is 9.59 Å². The summed E-state index contributed by atoms with van der Waals surface area (Å²) in [6.07, 6.45) is 6.32. The maximum atomic E-state index is 13.3. The molecule has 0 N–H and O–H groups in total. The van der Waals surface area contributed by atoms with Crippen molar-refractivity contribution in [3.05, 3.63) is 94.0 Å². The van der Waals surface area contributed by atoms with Gasteiger partial charge in [-0.15, -0.1) is 0 Å². The lowest BCUT2D eigenvalue weighted by atomic mass is 9.91. The molecular weight excluding hydrogens is 424 g/mol. The van der Waals surface area contributed by atoms with Crippen LogP contribution in [0.1, 0.15) is 93.8 Å². The summed E-state index contributed by atoms with van der Waals surface area (Å²) in [6, 6.07) is 18.8. The second kappa shape index (κ2) is 9.46. The Kier molecular flexibility index (Phi) is 6.23. The standard InChI is InChI=1S/C30H30O4/c1-3-4-10-20-11-6-8-13-24(20)30(32)34-28-18-26-22-15-14-21(16-22)25(26)17-27(28)33-29(31)23-12-7-5-9-19(23)2/h5-9,11-13,17-18,21-22H,3-4,10,14-16H2,1-2H3. The highest BCUT2D eigenvalue weighted by Crippen LogP contribution is 2.55. The fraction of sp³-hybridized carbons (Fsp3) is 0.333. The van der Waals surface area contributed by atoms with Crippen molar-refractivity contribution in [2.45, 2.75) is 64.2 Å². The van der Waals surface area contributed by atoms with Crippen molar-refractivity contribution in [2.75, 3.05) is 0 Å². The van der Waals surface area contributed by atoms with Crippen molar-refractivity contribution in [1.82, 2.24) is 0 Å². The number of hydrogen-bond acceptors (Lipinski definition) is 4. The second-order valence-electron chi connectivity index (χ2n) is 9.49. The number of rotatable bonds is 7. The third kappa shape index (κ3) is 4.25. The predicted molar refractivity (Wildman–Crippen MR) is 132 cm³/mol. The molecule has 1 fully saturated rings. The molecule has 4 nitrogen and oxygen atoms in total. The molecule has 2 aliphatic carbocycles. The number of carbonyl (C=O) groups excluding carboxylic acids is 2. The zero-order valence-electron chi connectivity index (χ0n) is 19.8. The summed E-state index contributed by atoms with van der Waals surface area (Å²) in [5.74, 6) is 0.776. The summed E-state index contributed by atoms with van der Waals surface area (Å²) in [7, 11) is 0. The molecule has 2 atom stereocenters. The molecule has 4 heteroatoms. The van der Waals surface area contributed by atoms with Crippen molar-refractivity contribution in [2.24, 2.45) is 0 Å². The van der Waals surface area contributed by atoms with Crippen LogP contribution < -0.4 is 9.47 Å². The third-order valence-electron chi connectivity index (χ3n) is 7.27. The molecular formula is C30H30O4. The van der Waals surface area contributed by atoms with Crippen molar-refractivity contribution in [1.29, 1.82) is 0 Å². The number of aryl methyl sites for hydroxylation is 2. The first-order valence-corrected chi connectivity index (χ1v) is 12.3. The minimum Gasteiger partial charge on any atom is -0.419 e. The Balaban J connectivity index is 1.48. The maximum absolute atomic E-state index is 13.3. The van der Waals surface area contributed by atoms with Gasteiger partial charge in [-0.3, -0.25) is 0 Å². The summed E-state index contributed by atoms with van der Waals surface area (Å²) in [5, 5.41) is 0. The van der Waals surface area contributed by atoms with Crippen LogP contribution in [0.15, 0.2) is 60.7 Å². The summed E-state index contributed by atoms with van der Waals surface area (Å²) in [5.41, 5.74) is 5.35. The summed E-state index contributed by atoms with van der Waals surface area (Å²) < 4.78 is 11.8. The lowest BCUT2D eigenvalue weighted by molar-refractivity contribution is 0.0681. The van der Waals surface area contributed by atoms with Crippen LogP contribution in [0.4, 0.5) is 0 Å². The molecule has 0 radical (unpaired) electrons. The van der Waals surface area contributed by atoms with E-state index in [1.54, 1.807) is 6.07 Å². The van der Waals surface area contributed by atoms with E-state index in [4.69, 9.17) is 9.47 Å². The molecule has 34 heavy (non-hydrogen) atoms. The highest BCUT2D eigenvalue weighted by atomic mass is 16.6. The van der Waals surface area contributed by atoms with Gasteiger partial charge in [0.2, 0.25) is 0 Å². The zero-order chi connectivity index (χ0) is 23.7. The van der Waals surface area contributed by atoms with E-state index in [9.17, 15) is 9.59 Å². The Morgan fingerprint density at radius 1 is 0.824 bits per heavy atom. The first-order valence-electron chi connectivity index (χ1n) is 12.3. The zero-order valence-corrected chi connectivity index (χ0v) is 19.8. The number of carbonyl (C=O) groups is 2. The molecule has 2 aliphatic rings. The number of unbranched alkanes of at least 4 members (excludes halogenated alkanes) is 1. The van der Waals surface area contributed by atoms with E-state index >= 15 is 0 Å². The lowest BCUT2D eigenvalue weighted by Gasteiger charge is -2.19. The van der Waals surface area contributed by atoms with Crippen LogP contribution in [0.2, 0.25) is 0 Å². The molecule has 1 saturated carbocycles.